The van der Waals surface area contributed by atoms with Gasteiger partial charge in [-0.15, -0.1) is 0 Å². The molecule has 278 valence electrons. The van der Waals surface area contributed by atoms with Crippen molar-refractivity contribution in [3.63, 3.8) is 0 Å². The van der Waals surface area contributed by atoms with E-state index in [1.807, 2.05) is 62.4 Å². The number of fused-ring (bicyclic) bond motifs is 2. The van der Waals surface area contributed by atoms with Gasteiger partial charge in [0.1, 0.15) is 28.9 Å². The number of alkyl halides is 2. The van der Waals surface area contributed by atoms with Gasteiger partial charge >= 0.3 is 12.6 Å². The van der Waals surface area contributed by atoms with Crippen molar-refractivity contribution in [3.05, 3.63) is 88.5 Å². The second kappa shape index (κ2) is 14.6. The summed E-state index contributed by atoms with van der Waals surface area (Å²) in [7, 11) is 0. The molecule has 2 fully saturated rings. The molecule has 8 rings (SSSR count). The quantitative estimate of drug-likeness (QED) is 0.144. The average molecular weight is 743 g/mol. The van der Waals surface area contributed by atoms with Crippen molar-refractivity contribution < 1.29 is 32.3 Å². The molecule has 0 bridgehead atoms. The van der Waals surface area contributed by atoms with Gasteiger partial charge in [0.2, 0.25) is 11.8 Å². The lowest BCUT2D eigenvalue weighted by molar-refractivity contribution is -0.142. The van der Waals surface area contributed by atoms with Gasteiger partial charge in [0.25, 0.3) is 0 Å². The van der Waals surface area contributed by atoms with Crippen LogP contribution < -0.4 is 4.74 Å². The van der Waals surface area contributed by atoms with Gasteiger partial charge in [-0.2, -0.15) is 19.3 Å². The molecule has 2 saturated heterocycles. The molecule has 6 aromatic rings. The summed E-state index contributed by atoms with van der Waals surface area (Å²) in [5.74, 6) is -0.330. The predicted molar refractivity (Wildman–Crippen MR) is 199 cm³/mol. The highest BCUT2D eigenvalue weighted by Gasteiger charge is 2.32. The Morgan fingerprint density at radius 2 is 1.62 bits per heavy atom. The molecule has 0 unspecified atom stereocenters. The average Bonchev–Trinajstić information content (AvgIpc) is 3.98. The van der Waals surface area contributed by atoms with E-state index in [0.29, 0.717) is 77.6 Å². The lowest BCUT2D eigenvalue weighted by Crippen LogP contribution is -2.35. The molecule has 2 atom stereocenters. The molecule has 0 aliphatic carbocycles. The smallest absolute Gasteiger partial charge is 0.387 e. The number of oxazole rings is 2. The van der Waals surface area contributed by atoms with Gasteiger partial charge in [0.05, 0.1) is 17.6 Å². The lowest BCUT2D eigenvalue weighted by atomic mass is 9.91. The number of hydrogen-bond donors (Lipinski definition) is 1. The third-order valence-electron chi connectivity index (χ3n) is 10.8. The summed E-state index contributed by atoms with van der Waals surface area (Å²) in [5, 5.41) is 29.0. The van der Waals surface area contributed by atoms with Crippen molar-refractivity contribution in [2.24, 2.45) is 5.92 Å². The summed E-state index contributed by atoms with van der Waals surface area (Å²) in [6.07, 6.45) is 2.01. The molecule has 55 heavy (non-hydrogen) atoms. The van der Waals surface area contributed by atoms with Gasteiger partial charge in [-0.3, -0.25) is 14.6 Å². The standard InChI is InChI=1S/C42H36F2N6O5/c1-23-29(6-3-8-31(23)39-47-33-16-28(22-50-12-5-10-35(50)41(51)52)36(54-42(43)44)17-37(33)53-39)30-7-4-9-32(24(30)2)40-48-34-15-26(14-27(19-46)38(34)55-40)21-49-13-11-25(18-45)20-49/h3-4,6-9,14-17,25,35,42H,5,10-13,20-22H2,1-2H3,(H,51,52)/t25-,35-/m0/s1. The molecule has 1 N–H and O–H groups in total. The van der Waals surface area contributed by atoms with Gasteiger partial charge < -0.3 is 18.7 Å². The number of carboxylic acids is 1. The summed E-state index contributed by atoms with van der Waals surface area (Å²) in [5.41, 5.74) is 8.52. The third kappa shape index (κ3) is 6.89. The molecular weight excluding hydrogens is 706 g/mol. The Hall–Kier alpha value is -6.15. The zero-order valence-corrected chi connectivity index (χ0v) is 30.2. The second-order valence-corrected chi connectivity index (χ2v) is 14.2. The number of nitriles is 2. The van der Waals surface area contributed by atoms with E-state index in [1.54, 1.807) is 11.0 Å². The van der Waals surface area contributed by atoms with E-state index in [9.17, 15) is 29.2 Å². The molecule has 2 aliphatic rings. The fourth-order valence-corrected chi connectivity index (χ4v) is 8.00. The van der Waals surface area contributed by atoms with Crippen LogP contribution in [0.15, 0.2) is 69.5 Å². The Balaban J connectivity index is 1.12. The fraction of sp³-hybridized carbons (Fsp3) is 0.310. The van der Waals surface area contributed by atoms with Crippen LogP contribution in [-0.4, -0.2) is 63.1 Å². The van der Waals surface area contributed by atoms with Crippen LogP contribution in [0.3, 0.4) is 0 Å². The van der Waals surface area contributed by atoms with E-state index >= 15 is 0 Å². The first-order valence-corrected chi connectivity index (χ1v) is 18.1. The van der Waals surface area contributed by atoms with Crippen LogP contribution in [0.1, 0.15) is 47.1 Å². The summed E-state index contributed by atoms with van der Waals surface area (Å²) in [6, 6.07) is 22.3. The number of halogens is 2. The molecule has 2 aliphatic heterocycles. The van der Waals surface area contributed by atoms with Crippen LogP contribution in [0.5, 0.6) is 5.75 Å². The Morgan fingerprint density at radius 3 is 2.27 bits per heavy atom. The highest BCUT2D eigenvalue weighted by atomic mass is 19.3. The van der Waals surface area contributed by atoms with Crippen LogP contribution in [0.4, 0.5) is 8.78 Å². The molecular formula is C42H36F2N6O5. The van der Waals surface area contributed by atoms with Crippen molar-refractivity contribution in [3.8, 4) is 51.9 Å². The summed E-state index contributed by atoms with van der Waals surface area (Å²) >= 11 is 0. The molecule has 0 radical (unpaired) electrons. The van der Waals surface area contributed by atoms with Crippen LogP contribution in [0.25, 0.3) is 56.2 Å². The Bertz CT molecular complexity index is 2550. The minimum atomic E-state index is -3.08. The number of likely N-dealkylation sites (tertiary alicyclic amines) is 2. The number of rotatable bonds is 10. The van der Waals surface area contributed by atoms with E-state index in [0.717, 1.165) is 46.3 Å². The van der Waals surface area contributed by atoms with Crippen LogP contribution in [0.2, 0.25) is 0 Å². The van der Waals surface area contributed by atoms with Crippen molar-refractivity contribution in [1.29, 1.82) is 10.5 Å². The highest BCUT2D eigenvalue weighted by Crippen LogP contribution is 2.39. The number of ether oxygens (including phenoxy) is 1. The minimum Gasteiger partial charge on any atom is -0.480 e. The first kappa shape index (κ1) is 35.9. The minimum absolute atomic E-state index is 0.0188. The molecule has 4 heterocycles. The molecule has 0 amide bonds. The number of aromatic nitrogens is 2. The Labute approximate surface area is 315 Å². The normalized spacial score (nSPS) is 17.7. The maximum Gasteiger partial charge on any atom is 0.387 e. The zero-order valence-electron chi connectivity index (χ0n) is 30.2. The number of benzene rings is 4. The fourth-order valence-electron chi connectivity index (χ4n) is 8.00. The molecule has 2 aromatic heterocycles. The number of carboxylic acid groups (broad SMARTS) is 1. The van der Waals surface area contributed by atoms with E-state index in [1.165, 1.54) is 6.07 Å². The van der Waals surface area contributed by atoms with Crippen molar-refractivity contribution >= 4 is 28.2 Å². The maximum atomic E-state index is 13.5. The predicted octanol–water partition coefficient (Wildman–Crippen LogP) is 8.45. The van der Waals surface area contributed by atoms with E-state index in [2.05, 4.69) is 17.0 Å². The van der Waals surface area contributed by atoms with Crippen molar-refractivity contribution in [1.82, 2.24) is 19.8 Å². The van der Waals surface area contributed by atoms with E-state index in [-0.39, 0.29) is 23.8 Å². The molecule has 13 heteroatoms. The monoisotopic (exact) mass is 742 g/mol. The van der Waals surface area contributed by atoms with Crippen LogP contribution in [0, 0.1) is 42.4 Å². The van der Waals surface area contributed by atoms with E-state index < -0.39 is 18.6 Å². The zero-order chi connectivity index (χ0) is 38.4. The van der Waals surface area contributed by atoms with Gasteiger partial charge in [-0.25, -0.2) is 9.97 Å². The first-order chi connectivity index (χ1) is 26.6. The SMILES string of the molecule is Cc1c(-c2nc3cc(CN4CCC[C@H]4C(=O)O)c(OC(F)F)cc3o2)cccc1-c1cccc(-c2nc3cc(CN4CC[C@@H](C#N)C4)cc(C#N)c3o2)c1C. The van der Waals surface area contributed by atoms with Gasteiger partial charge in [-0.05, 0) is 104 Å². The van der Waals surface area contributed by atoms with Gasteiger partial charge in [0, 0.05) is 42.4 Å². The van der Waals surface area contributed by atoms with E-state index in [4.69, 9.17) is 23.5 Å². The highest BCUT2D eigenvalue weighted by molar-refractivity contribution is 5.86. The topological polar surface area (TPSA) is 153 Å². The maximum absolute atomic E-state index is 13.5. The van der Waals surface area contributed by atoms with Gasteiger partial charge in [-0.1, -0.05) is 24.3 Å². The summed E-state index contributed by atoms with van der Waals surface area (Å²) in [4.78, 5) is 25.3. The molecule has 0 spiro atoms. The number of hydrogen-bond acceptors (Lipinski definition) is 10. The number of nitrogens with zero attached hydrogens (tertiary/aromatic N) is 6. The summed E-state index contributed by atoms with van der Waals surface area (Å²) < 4.78 is 44.3. The van der Waals surface area contributed by atoms with Crippen molar-refractivity contribution in [2.45, 2.75) is 58.9 Å². The van der Waals surface area contributed by atoms with Crippen LogP contribution >= 0.6 is 0 Å². The molecule has 0 saturated carbocycles. The lowest BCUT2D eigenvalue weighted by Gasteiger charge is -2.22. The molecule has 11 nitrogen and oxygen atoms in total. The van der Waals surface area contributed by atoms with Crippen molar-refractivity contribution in [2.75, 3.05) is 19.6 Å². The van der Waals surface area contributed by atoms with Gasteiger partial charge in [0.15, 0.2) is 11.2 Å². The molecule has 4 aromatic carbocycles. The first-order valence-electron chi connectivity index (χ1n) is 18.1. The largest absolute Gasteiger partial charge is 0.480 e. The Kier molecular flexibility index (Phi) is 9.51. The number of carbonyl (C=O) groups is 1. The van der Waals surface area contributed by atoms with Crippen LogP contribution in [-0.2, 0) is 17.9 Å². The summed E-state index contributed by atoms with van der Waals surface area (Å²) in [6.45, 7) is 3.66. The third-order valence-corrected chi connectivity index (χ3v) is 10.8. The second-order valence-electron chi connectivity index (χ2n) is 14.2. The number of aliphatic carboxylic acids is 1. The Morgan fingerprint density at radius 1 is 0.927 bits per heavy atom.